The molecule has 0 heterocycles. The predicted molar refractivity (Wildman–Crippen MR) is 125 cm³/mol. The molecule has 1 aliphatic rings. The SMILES string of the molecule is C/C(=N\OCc1ccc(C2CCCCC2)c(C(F)(F)F)c1)c1cccc(CNCCC(=O)O)c1. The summed E-state index contributed by atoms with van der Waals surface area (Å²) in [4.78, 5) is 16.0. The number of oxime groups is 1. The Balaban J connectivity index is 1.63. The van der Waals surface area contributed by atoms with E-state index in [2.05, 4.69) is 10.5 Å². The Hall–Kier alpha value is -2.87. The van der Waals surface area contributed by atoms with Crippen LogP contribution in [-0.4, -0.2) is 23.3 Å². The largest absolute Gasteiger partial charge is 0.481 e. The molecule has 0 unspecified atom stereocenters. The van der Waals surface area contributed by atoms with E-state index in [1.165, 1.54) is 6.07 Å². The van der Waals surface area contributed by atoms with Crippen LogP contribution in [0.15, 0.2) is 47.6 Å². The van der Waals surface area contributed by atoms with Crippen LogP contribution >= 0.6 is 0 Å². The fourth-order valence-electron chi connectivity index (χ4n) is 4.30. The molecular weight excluding hydrogens is 445 g/mol. The number of carboxylic acid groups (broad SMARTS) is 1. The quantitative estimate of drug-likeness (QED) is 0.241. The van der Waals surface area contributed by atoms with Crippen LogP contribution in [0.3, 0.4) is 0 Å². The Morgan fingerprint density at radius 3 is 2.59 bits per heavy atom. The summed E-state index contributed by atoms with van der Waals surface area (Å²) < 4.78 is 41.2. The molecule has 0 atom stereocenters. The highest BCUT2D eigenvalue weighted by Gasteiger charge is 2.35. The van der Waals surface area contributed by atoms with Crippen LogP contribution in [0.2, 0.25) is 0 Å². The minimum Gasteiger partial charge on any atom is -0.481 e. The van der Waals surface area contributed by atoms with Crippen LogP contribution in [-0.2, 0) is 29.0 Å². The van der Waals surface area contributed by atoms with Crippen molar-refractivity contribution in [3.05, 3.63) is 70.3 Å². The summed E-state index contributed by atoms with van der Waals surface area (Å²) in [6.45, 7) is 2.60. The predicted octanol–water partition coefficient (Wildman–Crippen LogP) is 6.26. The second-order valence-electron chi connectivity index (χ2n) is 8.73. The summed E-state index contributed by atoms with van der Waals surface area (Å²) in [5, 5.41) is 15.9. The van der Waals surface area contributed by atoms with Crippen LogP contribution < -0.4 is 5.32 Å². The van der Waals surface area contributed by atoms with Gasteiger partial charge in [-0.3, -0.25) is 4.79 Å². The molecule has 8 heteroatoms. The number of hydrogen-bond acceptors (Lipinski definition) is 4. The number of benzene rings is 2. The van der Waals surface area contributed by atoms with Crippen molar-refractivity contribution in [2.24, 2.45) is 5.16 Å². The van der Waals surface area contributed by atoms with Crippen LogP contribution in [0.1, 0.15) is 79.2 Å². The van der Waals surface area contributed by atoms with Gasteiger partial charge in [0.15, 0.2) is 0 Å². The summed E-state index contributed by atoms with van der Waals surface area (Å²) >= 11 is 0. The molecule has 0 aliphatic heterocycles. The standard InChI is InChI=1S/C26H31F3N2O3/c1-18(22-9-5-6-19(14-22)16-30-13-12-25(32)33)31-34-17-20-10-11-23(21-7-3-2-4-8-21)24(15-20)26(27,28)29/h5-6,9-11,14-15,21,30H,2-4,7-8,12-13,16-17H2,1H3,(H,32,33)/b31-18+. The van der Waals surface area contributed by atoms with E-state index in [9.17, 15) is 18.0 Å². The van der Waals surface area contributed by atoms with E-state index in [1.54, 1.807) is 19.1 Å². The third-order valence-corrected chi connectivity index (χ3v) is 6.09. The molecule has 3 rings (SSSR count). The third-order valence-electron chi connectivity index (χ3n) is 6.09. The zero-order valence-corrected chi connectivity index (χ0v) is 19.3. The molecule has 2 aromatic carbocycles. The number of nitrogens with zero attached hydrogens (tertiary/aromatic N) is 1. The van der Waals surface area contributed by atoms with E-state index in [4.69, 9.17) is 9.94 Å². The lowest BCUT2D eigenvalue weighted by Gasteiger charge is -2.25. The molecular formula is C26H31F3N2O3. The van der Waals surface area contributed by atoms with Gasteiger partial charge in [-0.05, 0) is 60.1 Å². The maximum atomic E-state index is 13.7. The molecule has 1 aliphatic carbocycles. The molecule has 0 aromatic heterocycles. The molecule has 1 fully saturated rings. The number of alkyl halides is 3. The van der Waals surface area contributed by atoms with Crippen molar-refractivity contribution < 1.29 is 27.9 Å². The lowest BCUT2D eigenvalue weighted by atomic mass is 9.81. The smallest absolute Gasteiger partial charge is 0.416 e. The van der Waals surface area contributed by atoms with E-state index >= 15 is 0 Å². The van der Waals surface area contributed by atoms with Gasteiger partial charge in [-0.15, -0.1) is 0 Å². The minimum atomic E-state index is -4.40. The third kappa shape index (κ3) is 7.58. The highest BCUT2D eigenvalue weighted by atomic mass is 19.4. The van der Waals surface area contributed by atoms with Gasteiger partial charge >= 0.3 is 12.1 Å². The maximum absolute atomic E-state index is 13.7. The molecule has 2 aromatic rings. The molecule has 1 saturated carbocycles. The molecule has 0 saturated heterocycles. The first-order valence-electron chi connectivity index (χ1n) is 11.6. The van der Waals surface area contributed by atoms with Gasteiger partial charge in [0.05, 0.1) is 17.7 Å². The summed E-state index contributed by atoms with van der Waals surface area (Å²) in [7, 11) is 0. The van der Waals surface area contributed by atoms with Crippen molar-refractivity contribution in [2.45, 2.75) is 70.7 Å². The van der Waals surface area contributed by atoms with Gasteiger partial charge in [0, 0.05) is 13.1 Å². The van der Waals surface area contributed by atoms with Crippen molar-refractivity contribution in [3.8, 4) is 0 Å². The lowest BCUT2D eigenvalue weighted by molar-refractivity contribution is -0.139. The van der Waals surface area contributed by atoms with Crippen LogP contribution in [0.5, 0.6) is 0 Å². The number of carboxylic acids is 1. The first-order chi connectivity index (χ1) is 16.2. The van der Waals surface area contributed by atoms with Gasteiger partial charge in [0.25, 0.3) is 0 Å². The maximum Gasteiger partial charge on any atom is 0.416 e. The zero-order valence-electron chi connectivity index (χ0n) is 19.3. The Morgan fingerprint density at radius 2 is 1.88 bits per heavy atom. The molecule has 0 amide bonds. The average Bonchev–Trinajstić information content (AvgIpc) is 2.82. The number of aliphatic carboxylic acids is 1. The fraction of sp³-hybridized carbons (Fsp3) is 0.462. The van der Waals surface area contributed by atoms with Gasteiger partial charge in [-0.25, -0.2) is 0 Å². The molecule has 0 radical (unpaired) electrons. The lowest BCUT2D eigenvalue weighted by Crippen LogP contribution is -2.17. The van der Waals surface area contributed by atoms with Crippen molar-refractivity contribution in [3.63, 3.8) is 0 Å². The number of halogens is 3. The van der Waals surface area contributed by atoms with Gasteiger partial charge in [-0.2, -0.15) is 13.2 Å². The van der Waals surface area contributed by atoms with E-state index in [-0.39, 0.29) is 18.9 Å². The van der Waals surface area contributed by atoms with Gasteiger partial charge in [-0.1, -0.05) is 54.8 Å². The van der Waals surface area contributed by atoms with Gasteiger partial charge in [0.2, 0.25) is 0 Å². The number of rotatable bonds is 10. The van der Waals surface area contributed by atoms with Gasteiger partial charge < -0.3 is 15.3 Å². The number of hydrogen-bond donors (Lipinski definition) is 2. The normalized spacial score (nSPS) is 15.4. The second-order valence-corrected chi connectivity index (χ2v) is 8.73. The van der Waals surface area contributed by atoms with Crippen molar-refractivity contribution >= 4 is 11.7 Å². The molecule has 0 bridgehead atoms. The van der Waals surface area contributed by atoms with E-state index < -0.39 is 17.7 Å². The number of nitrogens with one attached hydrogen (secondary N) is 1. The van der Waals surface area contributed by atoms with E-state index in [0.29, 0.717) is 29.9 Å². The molecule has 2 N–H and O–H groups in total. The summed E-state index contributed by atoms with van der Waals surface area (Å²) in [6.07, 6.45) is 0.284. The first kappa shape index (κ1) is 25.7. The van der Waals surface area contributed by atoms with Crippen LogP contribution in [0.25, 0.3) is 0 Å². The molecule has 5 nitrogen and oxygen atoms in total. The second kappa shape index (κ2) is 12.0. The highest BCUT2D eigenvalue weighted by molar-refractivity contribution is 5.98. The van der Waals surface area contributed by atoms with Crippen molar-refractivity contribution in [1.29, 1.82) is 0 Å². The number of carbonyl (C=O) groups is 1. The Kier molecular flexibility index (Phi) is 9.10. The van der Waals surface area contributed by atoms with Crippen LogP contribution in [0, 0.1) is 0 Å². The Labute approximate surface area is 198 Å². The topological polar surface area (TPSA) is 70.9 Å². The van der Waals surface area contributed by atoms with E-state index in [1.807, 2.05) is 24.3 Å². The molecule has 184 valence electrons. The highest BCUT2D eigenvalue weighted by Crippen LogP contribution is 2.41. The molecule has 34 heavy (non-hydrogen) atoms. The Bertz CT molecular complexity index is 999. The minimum absolute atomic E-state index is 0.0356. The summed E-state index contributed by atoms with van der Waals surface area (Å²) in [5.74, 6) is -0.890. The average molecular weight is 477 g/mol. The van der Waals surface area contributed by atoms with Crippen molar-refractivity contribution in [1.82, 2.24) is 5.32 Å². The molecule has 0 spiro atoms. The Morgan fingerprint density at radius 1 is 1.12 bits per heavy atom. The zero-order chi connectivity index (χ0) is 24.6. The first-order valence-corrected chi connectivity index (χ1v) is 11.6. The monoisotopic (exact) mass is 476 g/mol. The van der Waals surface area contributed by atoms with Crippen molar-refractivity contribution in [2.75, 3.05) is 6.54 Å². The summed E-state index contributed by atoms with van der Waals surface area (Å²) in [5.41, 5.74) is 2.64. The van der Waals surface area contributed by atoms with Crippen LogP contribution in [0.4, 0.5) is 13.2 Å². The van der Waals surface area contributed by atoms with Gasteiger partial charge in [0.1, 0.15) is 6.61 Å². The van der Waals surface area contributed by atoms with E-state index in [0.717, 1.165) is 43.2 Å². The fourth-order valence-corrected chi connectivity index (χ4v) is 4.30. The summed E-state index contributed by atoms with van der Waals surface area (Å²) in [6, 6.07) is 12.1.